The second-order valence-electron chi connectivity index (χ2n) is 6.33. The first-order valence-electron chi connectivity index (χ1n) is 7.83. The molecule has 2 atom stereocenters. The van der Waals surface area contributed by atoms with Crippen molar-refractivity contribution in [1.82, 2.24) is 5.32 Å². The fourth-order valence-corrected chi connectivity index (χ4v) is 3.68. The minimum absolute atomic E-state index is 0.0686. The van der Waals surface area contributed by atoms with E-state index in [9.17, 15) is 0 Å². The molecule has 0 aromatic rings. The van der Waals surface area contributed by atoms with Crippen LogP contribution in [0.25, 0.3) is 0 Å². The molecule has 0 radical (unpaired) electrons. The SMILES string of the molecule is COC1=NC2(CCCC(OCC3CCCCC3)C2)N1. The quantitative estimate of drug-likeness (QED) is 0.854. The Balaban J connectivity index is 1.45. The van der Waals surface area contributed by atoms with Crippen molar-refractivity contribution in [2.24, 2.45) is 10.9 Å². The van der Waals surface area contributed by atoms with E-state index in [0.717, 1.165) is 25.4 Å². The van der Waals surface area contributed by atoms with Gasteiger partial charge in [0.2, 0.25) is 0 Å². The highest BCUT2D eigenvalue weighted by atomic mass is 16.5. The zero-order chi connectivity index (χ0) is 13.1. The molecular formula is C15H26N2O2. The Morgan fingerprint density at radius 1 is 1.21 bits per heavy atom. The molecule has 19 heavy (non-hydrogen) atoms. The number of amidine groups is 1. The Kier molecular flexibility index (Phi) is 3.96. The van der Waals surface area contributed by atoms with E-state index in [1.54, 1.807) is 7.11 Å². The van der Waals surface area contributed by atoms with E-state index in [4.69, 9.17) is 9.47 Å². The maximum absolute atomic E-state index is 6.17. The second kappa shape index (κ2) is 5.70. The summed E-state index contributed by atoms with van der Waals surface area (Å²) in [6, 6.07) is 0.688. The van der Waals surface area contributed by atoms with Crippen molar-refractivity contribution in [3.8, 4) is 0 Å². The lowest BCUT2D eigenvalue weighted by molar-refractivity contribution is -0.0235. The Bertz CT molecular complexity index is 339. The first kappa shape index (κ1) is 13.2. The van der Waals surface area contributed by atoms with Gasteiger partial charge in [0.25, 0.3) is 6.02 Å². The molecule has 1 spiro atoms. The molecule has 1 aliphatic heterocycles. The van der Waals surface area contributed by atoms with E-state index >= 15 is 0 Å². The first-order chi connectivity index (χ1) is 9.30. The van der Waals surface area contributed by atoms with E-state index in [2.05, 4.69) is 10.3 Å². The van der Waals surface area contributed by atoms with Crippen molar-refractivity contribution < 1.29 is 9.47 Å². The number of hydrogen-bond acceptors (Lipinski definition) is 4. The highest BCUT2D eigenvalue weighted by molar-refractivity contribution is 5.79. The van der Waals surface area contributed by atoms with Gasteiger partial charge in [-0.15, -0.1) is 0 Å². The highest BCUT2D eigenvalue weighted by Gasteiger charge is 2.43. The third kappa shape index (κ3) is 3.04. The van der Waals surface area contributed by atoms with Crippen LogP contribution in [-0.4, -0.2) is 31.5 Å². The normalized spacial score (nSPS) is 35.4. The van der Waals surface area contributed by atoms with Gasteiger partial charge < -0.3 is 14.8 Å². The molecule has 0 amide bonds. The van der Waals surface area contributed by atoms with Gasteiger partial charge >= 0.3 is 0 Å². The third-order valence-corrected chi connectivity index (χ3v) is 4.82. The van der Waals surface area contributed by atoms with Crippen molar-refractivity contribution >= 4 is 6.02 Å². The summed E-state index contributed by atoms with van der Waals surface area (Å²) in [5.74, 6) is 0.805. The smallest absolute Gasteiger partial charge is 0.288 e. The monoisotopic (exact) mass is 266 g/mol. The van der Waals surface area contributed by atoms with Crippen LogP contribution in [0.4, 0.5) is 0 Å². The lowest BCUT2D eigenvalue weighted by Gasteiger charge is -2.44. The summed E-state index contributed by atoms with van der Waals surface area (Å²) in [4.78, 5) is 4.58. The molecule has 3 aliphatic rings. The van der Waals surface area contributed by atoms with E-state index in [-0.39, 0.29) is 5.66 Å². The molecule has 4 heteroatoms. The van der Waals surface area contributed by atoms with Crippen molar-refractivity contribution in [1.29, 1.82) is 0 Å². The lowest BCUT2D eigenvalue weighted by Crippen LogP contribution is -2.60. The van der Waals surface area contributed by atoms with E-state index < -0.39 is 0 Å². The van der Waals surface area contributed by atoms with Gasteiger partial charge in [-0.1, -0.05) is 19.3 Å². The number of nitrogens with zero attached hydrogens (tertiary/aromatic N) is 1. The van der Waals surface area contributed by atoms with Gasteiger partial charge in [0.1, 0.15) is 5.66 Å². The summed E-state index contributed by atoms with van der Waals surface area (Å²) in [7, 11) is 1.67. The molecule has 2 aliphatic carbocycles. The predicted molar refractivity (Wildman–Crippen MR) is 75.1 cm³/mol. The van der Waals surface area contributed by atoms with Crippen LogP contribution in [0.5, 0.6) is 0 Å². The van der Waals surface area contributed by atoms with Crippen molar-refractivity contribution in [3.05, 3.63) is 0 Å². The maximum atomic E-state index is 6.17. The summed E-state index contributed by atoms with van der Waals surface area (Å²) in [6.45, 7) is 0.960. The van der Waals surface area contributed by atoms with Crippen molar-refractivity contribution in [3.63, 3.8) is 0 Å². The molecule has 2 fully saturated rings. The third-order valence-electron chi connectivity index (χ3n) is 4.82. The summed E-state index contributed by atoms with van der Waals surface area (Å²) < 4.78 is 11.3. The van der Waals surface area contributed by atoms with Gasteiger partial charge in [0.15, 0.2) is 0 Å². The maximum Gasteiger partial charge on any atom is 0.288 e. The molecule has 108 valence electrons. The number of hydrogen-bond donors (Lipinski definition) is 1. The van der Waals surface area contributed by atoms with Gasteiger partial charge in [0.05, 0.1) is 13.2 Å². The minimum Gasteiger partial charge on any atom is -0.469 e. The average Bonchev–Trinajstić information content (AvgIpc) is 2.44. The van der Waals surface area contributed by atoms with Crippen LogP contribution < -0.4 is 5.32 Å². The molecule has 0 aromatic carbocycles. The Labute approximate surface area is 116 Å². The number of aliphatic imine (C=N–C) groups is 1. The van der Waals surface area contributed by atoms with Crippen molar-refractivity contribution in [2.45, 2.75) is 69.6 Å². The zero-order valence-electron chi connectivity index (χ0n) is 12.0. The van der Waals surface area contributed by atoms with Gasteiger partial charge in [-0.3, -0.25) is 0 Å². The molecule has 0 bridgehead atoms. The number of rotatable bonds is 3. The first-order valence-corrected chi connectivity index (χ1v) is 7.83. The van der Waals surface area contributed by atoms with Crippen molar-refractivity contribution in [2.75, 3.05) is 13.7 Å². The Hall–Kier alpha value is -0.770. The molecule has 2 unspecified atom stereocenters. The van der Waals surface area contributed by atoms with Crippen LogP contribution in [0.3, 0.4) is 0 Å². The standard InChI is InChI=1S/C15H26N2O2/c1-18-14-16-15(17-14)9-5-8-13(10-15)19-11-12-6-3-2-4-7-12/h12-13H,2-11H2,1H3,(H,16,17). The molecule has 2 saturated carbocycles. The zero-order valence-corrected chi connectivity index (χ0v) is 12.0. The molecule has 0 aromatic heterocycles. The molecule has 3 rings (SSSR count). The average molecular weight is 266 g/mol. The van der Waals surface area contributed by atoms with Gasteiger partial charge in [-0.05, 0) is 38.0 Å². The second-order valence-corrected chi connectivity index (χ2v) is 6.33. The van der Waals surface area contributed by atoms with Crippen LogP contribution >= 0.6 is 0 Å². The largest absolute Gasteiger partial charge is 0.469 e. The topological polar surface area (TPSA) is 42.9 Å². The Morgan fingerprint density at radius 3 is 2.74 bits per heavy atom. The minimum atomic E-state index is -0.0686. The summed E-state index contributed by atoms with van der Waals surface area (Å²) >= 11 is 0. The van der Waals surface area contributed by atoms with Gasteiger partial charge in [-0.2, -0.15) is 0 Å². The number of methoxy groups -OCH3 is 1. The number of ether oxygens (including phenoxy) is 2. The van der Waals surface area contributed by atoms with Gasteiger partial charge in [-0.25, -0.2) is 4.99 Å². The molecule has 1 N–H and O–H groups in total. The van der Waals surface area contributed by atoms with Crippen LogP contribution in [0.1, 0.15) is 57.8 Å². The molecule has 0 saturated heterocycles. The predicted octanol–water partition coefficient (Wildman–Crippen LogP) is 2.83. The fourth-order valence-electron chi connectivity index (χ4n) is 3.68. The van der Waals surface area contributed by atoms with Crippen LogP contribution in [0, 0.1) is 5.92 Å². The van der Waals surface area contributed by atoms with E-state index in [1.807, 2.05) is 0 Å². The summed E-state index contributed by atoms with van der Waals surface area (Å²) in [6.07, 6.45) is 11.8. The van der Waals surface area contributed by atoms with Crippen LogP contribution in [-0.2, 0) is 9.47 Å². The Morgan fingerprint density at radius 2 is 2.00 bits per heavy atom. The number of nitrogens with one attached hydrogen (secondary N) is 1. The van der Waals surface area contributed by atoms with E-state index in [1.165, 1.54) is 44.9 Å². The molecular weight excluding hydrogens is 240 g/mol. The molecule has 4 nitrogen and oxygen atoms in total. The summed E-state index contributed by atoms with van der Waals surface area (Å²) in [5.41, 5.74) is -0.0686. The van der Waals surface area contributed by atoms with Crippen LogP contribution in [0.15, 0.2) is 4.99 Å². The molecule has 1 heterocycles. The highest BCUT2D eigenvalue weighted by Crippen LogP contribution is 2.36. The fraction of sp³-hybridized carbons (Fsp3) is 0.933. The van der Waals surface area contributed by atoms with Gasteiger partial charge in [0, 0.05) is 13.0 Å². The van der Waals surface area contributed by atoms with Crippen LogP contribution in [0.2, 0.25) is 0 Å². The lowest BCUT2D eigenvalue weighted by atomic mass is 9.85. The van der Waals surface area contributed by atoms with E-state index in [0.29, 0.717) is 12.1 Å². The summed E-state index contributed by atoms with van der Waals surface area (Å²) in [5, 5.41) is 3.36.